The predicted octanol–water partition coefficient (Wildman–Crippen LogP) is 6.66. The number of hydrogen-bond acceptors (Lipinski definition) is 5. The lowest BCUT2D eigenvalue weighted by Gasteiger charge is -2.38. The van der Waals surface area contributed by atoms with Crippen molar-refractivity contribution in [3.05, 3.63) is 92.2 Å². The Labute approximate surface area is 252 Å². The molecule has 1 aliphatic heterocycles. The Morgan fingerprint density at radius 3 is 2.32 bits per heavy atom. The summed E-state index contributed by atoms with van der Waals surface area (Å²) >= 11 is 19.1. The van der Waals surface area contributed by atoms with Crippen LogP contribution in [0.5, 0.6) is 5.75 Å². The van der Waals surface area contributed by atoms with Gasteiger partial charge < -0.3 is 20.1 Å². The average molecular weight is 622 g/mol. The van der Waals surface area contributed by atoms with Crippen molar-refractivity contribution in [2.24, 2.45) is 0 Å². The zero-order valence-electron chi connectivity index (χ0n) is 22.7. The highest BCUT2D eigenvalue weighted by atomic mass is 35.5. The second-order valence-corrected chi connectivity index (χ2v) is 11.3. The molecule has 1 heterocycles. The highest BCUT2D eigenvalue weighted by Gasteiger charge is 2.56. The first-order valence-electron chi connectivity index (χ1n) is 12.8. The summed E-state index contributed by atoms with van der Waals surface area (Å²) in [5.74, 6) is -3.35. The molecule has 7 nitrogen and oxygen atoms in total. The summed E-state index contributed by atoms with van der Waals surface area (Å²) < 4.78 is 27.2. The molecule has 2 amide bonds. The van der Waals surface area contributed by atoms with E-state index in [4.69, 9.17) is 44.3 Å². The number of halogens is 4. The molecule has 0 bridgehead atoms. The van der Waals surface area contributed by atoms with Crippen LogP contribution in [0.1, 0.15) is 49.8 Å². The number of carbonyl (C=O) groups excluding carboxylic acids is 3. The van der Waals surface area contributed by atoms with E-state index in [0.717, 1.165) is 6.07 Å². The first kappa shape index (κ1) is 30.6. The number of esters is 1. The van der Waals surface area contributed by atoms with Gasteiger partial charge in [0.15, 0.2) is 5.60 Å². The van der Waals surface area contributed by atoms with Gasteiger partial charge in [-0.1, -0.05) is 40.9 Å². The number of anilines is 1. The van der Waals surface area contributed by atoms with E-state index in [1.54, 1.807) is 31.2 Å². The number of rotatable bonds is 9. The van der Waals surface area contributed by atoms with Crippen LogP contribution in [0.2, 0.25) is 15.1 Å². The molecule has 3 aromatic rings. The van der Waals surface area contributed by atoms with Crippen LogP contribution in [0.3, 0.4) is 0 Å². The van der Waals surface area contributed by atoms with Crippen molar-refractivity contribution in [1.29, 1.82) is 0 Å². The SMILES string of the molecule is CCOC(=O)C(C)(C)Oc1ccc(Cl)cc1C(CC(=O)NC)[C@]1(c2cc(Cl)ccc2F)C(=O)Nc2cc(Cl)ccc21. The van der Waals surface area contributed by atoms with E-state index in [9.17, 15) is 14.4 Å². The third kappa shape index (κ3) is 5.73. The largest absolute Gasteiger partial charge is 0.476 e. The van der Waals surface area contributed by atoms with Crippen molar-refractivity contribution in [3.63, 3.8) is 0 Å². The average Bonchev–Trinajstić information content (AvgIpc) is 3.20. The van der Waals surface area contributed by atoms with Crippen LogP contribution in [0.25, 0.3) is 0 Å². The summed E-state index contributed by atoms with van der Waals surface area (Å²) in [4.78, 5) is 40.1. The maximum absolute atomic E-state index is 15.9. The standard InChI is InChI=1S/C30H28Cl3FN2O5/c1-5-40-28(39)29(2,3)41-25-11-8-16(31)12-19(25)21(15-26(37)35-4)30(22-13-17(32)7-10-23(22)34)20-9-6-18(33)14-24(20)36-27(30)38/h6-14,21H,5,15H2,1-4H3,(H,35,37)(H,36,38)/t21?,30-/m1/s1. The van der Waals surface area contributed by atoms with Gasteiger partial charge in [0, 0.05) is 51.3 Å². The van der Waals surface area contributed by atoms with Crippen LogP contribution in [0.4, 0.5) is 10.1 Å². The van der Waals surface area contributed by atoms with Gasteiger partial charge in [0.1, 0.15) is 17.0 Å². The third-order valence-corrected chi connectivity index (χ3v) is 7.74. The van der Waals surface area contributed by atoms with Crippen molar-refractivity contribution in [2.45, 2.75) is 44.1 Å². The first-order chi connectivity index (χ1) is 19.3. The second-order valence-electron chi connectivity index (χ2n) is 10.0. The molecule has 0 aromatic heterocycles. The number of benzene rings is 3. The van der Waals surface area contributed by atoms with Crippen LogP contribution < -0.4 is 15.4 Å². The van der Waals surface area contributed by atoms with Gasteiger partial charge in [0.05, 0.1) is 6.61 Å². The van der Waals surface area contributed by atoms with Crippen molar-refractivity contribution in [1.82, 2.24) is 5.32 Å². The lowest BCUT2D eigenvalue weighted by atomic mass is 9.62. The maximum atomic E-state index is 15.9. The van der Waals surface area contributed by atoms with Crippen molar-refractivity contribution < 1.29 is 28.2 Å². The molecule has 0 fully saturated rings. The highest BCUT2D eigenvalue weighted by molar-refractivity contribution is 6.32. The van der Waals surface area contributed by atoms with Gasteiger partial charge in [0.2, 0.25) is 11.8 Å². The number of nitrogens with one attached hydrogen (secondary N) is 2. The number of amides is 2. The number of fused-ring (bicyclic) bond motifs is 1. The van der Waals surface area contributed by atoms with Gasteiger partial charge in [-0.05, 0) is 74.9 Å². The van der Waals surface area contributed by atoms with Crippen LogP contribution in [-0.4, -0.2) is 37.0 Å². The molecule has 1 aliphatic rings. The van der Waals surface area contributed by atoms with Crippen molar-refractivity contribution >= 4 is 58.3 Å². The molecule has 11 heteroatoms. The van der Waals surface area contributed by atoms with E-state index in [1.807, 2.05) is 0 Å². The fourth-order valence-electron chi connectivity index (χ4n) is 5.20. The molecule has 0 aliphatic carbocycles. The molecule has 4 rings (SSSR count). The molecule has 41 heavy (non-hydrogen) atoms. The summed E-state index contributed by atoms with van der Waals surface area (Å²) in [6, 6.07) is 13.3. The van der Waals surface area contributed by atoms with E-state index < -0.39 is 40.5 Å². The summed E-state index contributed by atoms with van der Waals surface area (Å²) in [5, 5.41) is 6.20. The molecule has 2 atom stereocenters. The number of ether oxygens (including phenoxy) is 2. The van der Waals surface area contributed by atoms with Crippen LogP contribution in [0, 0.1) is 5.82 Å². The molecule has 0 saturated carbocycles. The fraction of sp³-hybridized carbons (Fsp3) is 0.300. The Bertz CT molecular complexity index is 1530. The minimum Gasteiger partial charge on any atom is -0.476 e. The number of carbonyl (C=O) groups is 3. The van der Waals surface area contributed by atoms with Crippen LogP contribution in [0.15, 0.2) is 54.6 Å². The first-order valence-corrected chi connectivity index (χ1v) is 13.9. The van der Waals surface area contributed by atoms with Gasteiger partial charge in [-0.3, -0.25) is 9.59 Å². The lowest BCUT2D eigenvalue weighted by Crippen LogP contribution is -2.45. The van der Waals surface area contributed by atoms with E-state index in [-0.39, 0.29) is 39.9 Å². The Kier molecular flexibility index (Phi) is 8.87. The highest BCUT2D eigenvalue weighted by Crippen LogP contribution is 2.56. The summed E-state index contributed by atoms with van der Waals surface area (Å²) in [6.45, 7) is 4.87. The Balaban J connectivity index is 2.08. The Morgan fingerprint density at radius 1 is 1.00 bits per heavy atom. The van der Waals surface area contributed by atoms with Crippen molar-refractivity contribution in [3.8, 4) is 5.75 Å². The zero-order chi connectivity index (χ0) is 30.1. The van der Waals surface area contributed by atoms with E-state index in [1.165, 1.54) is 45.2 Å². The molecule has 1 unspecified atom stereocenters. The van der Waals surface area contributed by atoms with Gasteiger partial charge in [-0.2, -0.15) is 0 Å². The monoisotopic (exact) mass is 620 g/mol. The normalized spacial score (nSPS) is 16.9. The molecular formula is C30H28Cl3FN2O5. The molecule has 0 radical (unpaired) electrons. The topological polar surface area (TPSA) is 93.7 Å². The van der Waals surface area contributed by atoms with Crippen LogP contribution in [-0.2, 0) is 24.5 Å². The Morgan fingerprint density at radius 2 is 1.63 bits per heavy atom. The maximum Gasteiger partial charge on any atom is 0.349 e. The van der Waals surface area contributed by atoms with E-state index >= 15 is 4.39 Å². The van der Waals surface area contributed by atoms with Gasteiger partial charge in [0.25, 0.3) is 0 Å². The van der Waals surface area contributed by atoms with Gasteiger partial charge in [-0.25, -0.2) is 9.18 Å². The Hall–Kier alpha value is -3.33. The van der Waals surface area contributed by atoms with Crippen molar-refractivity contribution in [2.75, 3.05) is 19.0 Å². The smallest absolute Gasteiger partial charge is 0.349 e. The predicted molar refractivity (Wildman–Crippen MR) is 156 cm³/mol. The second kappa shape index (κ2) is 11.9. The lowest BCUT2D eigenvalue weighted by molar-refractivity contribution is -0.158. The minimum absolute atomic E-state index is 0.0620. The summed E-state index contributed by atoms with van der Waals surface area (Å²) in [6.07, 6.45) is -0.297. The third-order valence-electron chi connectivity index (χ3n) is 7.04. The van der Waals surface area contributed by atoms with Gasteiger partial charge in [-0.15, -0.1) is 0 Å². The molecular weight excluding hydrogens is 594 g/mol. The number of hydrogen-bond donors (Lipinski definition) is 2. The summed E-state index contributed by atoms with van der Waals surface area (Å²) in [7, 11) is 1.45. The molecule has 3 aromatic carbocycles. The molecule has 2 N–H and O–H groups in total. The minimum atomic E-state index is -1.84. The molecule has 216 valence electrons. The van der Waals surface area contributed by atoms with Crippen LogP contribution >= 0.6 is 34.8 Å². The fourth-order valence-corrected chi connectivity index (χ4v) is 5.72. The van der Waals surface area contributed by atoms with E-state index in [0.29, 0.717) is 16.3 Å². The molecule has 0 saturated heterocycles. The molecule has 0 spiro atoms. The van der Waals surface area contributed by atoms with E-state index in [2.05, 4.69) is 10.6 Å². The zero-order valence-corrected chi connectivity index (χ0v) is 25.0. The van der Waals surface area contributed by atoms with Gasteiger partial charge >= 0.3 is 5.97 Å². The summed E-state index contributed by atoms with van der Waals surface area (Å²) in [5.41, 5.74) is -2.35. The quantitative estimate of drug-likeness (QED) is 0.261.